The molecule has 0 spiro atoms. The van der Waals surface area contributed by atoms with E-state index in [1.807, 2.05) is 41.8 Å². The van der Waals surface area contributed by atoms with Crippen molar-refractivity contribution in [2.75, 3.05) is 52.9 Å². The molecule has 4 rings (SSSR count). The molecule has 0 N–H and O–H groups in total. The summed E-state index contributed by atoms with van der Waals surface area (Å²) < 4.78 is 7.93. The van der Waals surface area contributed by atoms with Crippen LogP contribution in [0.25, 0.3) is 0 Å². The predicted molar refractivity (Wildman–Crippen MR) is 136 cm³/mol. The maximum Gasteiger partial charge on any atom is 0.244 e. The predicted octanol–water partition coefficient (Wildman–Crippen LogP) is 3.01. The molecule has 2 aromatic rings. The van der Waals surface area contributed by atoms with Gasteiger partial charge in [0, 0.05) is 61.8 Å². The molecular formula is C26H36ClN5O3. The van der Waals surface area contributed by atoms with Gasteiger partial charge in [0.25, 0.3) is 0 Å². The fraction of sp³-hybridized carbons (Fsp3) is 0.577. The summed E-state index contributed by atoms with van der Waals surface area (Å²) in [6.45, 7) is 9.11. The lowest BCUT2D eigenvalue weighted by Crippen LogP contribution is -2.51. The number of nitrogens with zero attached hydrogens (tertiary/aromatic N) is 5. The Morgan fingerprint density at radius 2 is 1.60 bits per heavy atom. The number of piperazine rings is 1. The summed E-state index contributed by atoms with van der Waals surface area (Å²) >= 11 is 6.01. The summed E-state index contributed by atoms with van der Waals surface area (Å²) in [5.74, 6) is 0.984. The van der Waals surface area contributed by atoms with E-state index in [0.29, 0.717) is 31.1 Å². The third kappa shape index (κ3) is 6.55. The highest BCUT2D eigenvalue weighted by atomic mass is 35.5. The number of halogens is 1. The number of hydrogen-bond acceptors (Lipinski definition) is 5. The maximum atomic E-state index is 13.3. The Kier molecular flexibility index (Phi) is 8.02. The van der Waals surface area contributed by atoms with E-state index in [1.54, 1.807) is 16.8 Å². The molecule has 8 nitrogen and oxygen atoms in total. The molecule has 35 heavy (non-hydrogen) atoms. The van der Waals surface area contributed by atoms with Gasteiger partial charge >= 0.3 is 0 Å². The average Bonchev–Trinajstić information content (AvgIpc) is 3.15. The van der Waals surface area contributed by atoms with Gasteiger partial charge in [0.2, 0.25) is 11.8 Å². The van der Waals surface area contributed by atoms with E-state index >= 15 is 0 Å². The number of likely N-dealkylation sites (N-methyl/N-ethyl adjacent to an activating group) is 1. The van der Waals surface area contributed by atoms with Crippen LogP contribution in [0.1, 0.15) is 30.7 Å². The minimum Gasteiger partial charge on any atom is -0.493 e. The molecule has 190 valence electrons. The molecule has 0 atom stereocenters. The molecule has 3 heterocycles. The van der Waals surface area contributed by atoms with Crippen molar-refractivity contribution in [1.29, 1.82) is 0 Å². The first kappa shape index (κ1) is 25.5. The number of piperidine rings is 1. The van der Waals surface area contributed by atoms with E-state index in [4.69, 9.17) is 16.3 Å². The van der Waals surface area contributed by atoms with Crippen LogP contribution in [0, 0.1) is 19.3 Å². The number of carbonyl (C=O) groups is 2. The van der Waals surface area contributed by atoms with E-state index in [0.717, 1.165) is 56.2 Å². The summed E-state index contributed by atoms with van der Waals surface area (Å²) in [6.07, 6.45) is 1.88. The number of benzene rings is 1. The molecule has 0 saturated carbocycles. The van der Waals surface area contributed by atoms with Gasteiger partial charge in [-0.1, -0.05) is 11.6 Å². The molecule has 2 amide bonds. The van der Waals surface area contributed by atoms with Crippen molar-refractivity contribution in [3.05, 3.63) is 46.7 Å². The molecule has 0 aliphatic carbocycles. The first-order valence-corrected chi connectivity index (χ1v) is 12.7. The molecule has 0 bridgehead atoms. The summed E-state index contributed by atoms with van der Waals surface area (Å²) in [5, 5.41) is 5.08. The third-order valence-electron chi connectivity index (χ3n) is 7.31. The smallest absolute Gasteiger partial charge is 0.244 e. The lowest BCUT2D eigenvalue weighted by molar-refractivity contribution is -0.139. The summed E-state index contributed by atoms with van der Waals surface area (Å²) in [6, 6.07) is 9.29. The minimum atomic E-state index is -0.310. The van der Waals surface area contributed by atoms with Gasteiger partial charge in [-0.2, -0.15) is 5.10 Å². The van der Waals surface area contributed by atoms with Gasteiger partial charge in [-0.05, 0) is 64.1 Å². The zero-order valence-electron chi connectivity index (χ0n) is 21.0. The fourth-order valence-corrected chi connectivity index (χ4v) is 5.05. The summed E-state index contributed by atoms with van der Waals surface area (Å²) in [4.78, 5) is 32.4. The number of aromatic nitrogens is 2. The van der Waals surface area contributed by atoms with E-state index in [1.165, 1.54) is 0 Å². The molecule has 2 fully saturated rings. The molecule has 0 unspecified atom stereocenters. The van der Waals surface area contributed by atoms with Gasteiger partial charge in [0.05, 0.1) is 12.3 Å². The number of rotatable bonds is 7. The lowest BCUT2D eigenvalue weighted by atomic mass is 9.75. The highest BCUT2D eigenvalue weighted by Gasteiger charge is 2.40. The van der Waals surface area contributed by atoms with E-state index in [2.05, 4.69) is 17.0 Å². The zero-order valence-corrected chi connectivity index (χ0v) is 21.8. The van der Waals surface area contributed by atoms with Crippen molar-refractivity contribution in [3.8, 4) is 5.75 Å². The van der Waals surface area contributed by atoms with Crippen LogP contribution in [-0.4, -0.2) is 89.2 Å². The summed E-state index contributed by atoms with van der Waals surface area (Å²) in [7, 11) is 2.09. The van der Waals surface area contributed by atoms with E-state index in [9.17, 15) is 9.59 Å². The molecular weight excluding hydrogens is 466 g/mol. The Bertz CT molecular complexity index is 1020. The molecule has 2 saturated heterocycles. The number of carbonyl (C=O) groups excluding carboxylic acids is 2. The van der Waals surface area contributed by atoms with Gasteiger partial charge in [0.1, 0.15) is 12.3 Å². The second-order valence-electron chi connectivity index (χ2n) is 10.1. The first-order chi connectivity index (χ1) is 16.7. The Morgan fingerprint density at radius 3 is 2.20 bits per heavy atom. The fourth-order valence-electron chi connectivity index (χ4n) is 4.92. The van der Waals surface area contributed by atoms with Crippen LogP contribution >= 0.6 is 11.6 Å². The normalized spacial score (nSPS) is 18.5. The van der Waals surface area contributed by atoms with Gasteiger partial charge < -0.3 is 19.4 Å². The first-order valence-electron chi connectivity index (χ1n) is 12.4. The number of ether oxygens (including phenoxy) is 1. The van der Waals surface area contributed by atoms with E-state index < -0.39 is 0 Å². The highest BCUT2D eigenvalue weighted by Crippen LogP contribution is 2.37. The Labute approximate surface area is 212 Å². The van der Waals surface area contributed by atoms with Crippen molar-refractivity contribution in [2.45, 2.75) is 39.7 Å². The van der Waals surface area contributed by atoms with Crippen molar-refractivity contribution in [1.82, 2.24) is 24.5 Å². The average molecular weight is 502 g/mol. The van der Waals surface area contributed by atoms with Crippen LogP contribution in [0.15, 0.2) is 30.3 Å². The molecule has 1 aromatic heterocycles. The largest absolute Gasteiger partial charge is 0.493 e. The quantitative estimate of drug-likeness (QED) is 0.583. The molecule has 2 aliphatic heterocycles. The number of aryl methyl sites for hydroxylation is 2. The van der Waals surface area contributed by atoms with Crippen LogP contribution in [0.3, 0.4) is 0 Å². The second kappa shape index (κ2) is 11.0. The molecule has 1 aromatic carbocycles. The van der Waals surface area contributed by atoms with Crippen molar-refractivity contribution >= 4 is 23.4 Å². The van der Waals surface area contributed by atoms with Gasteiger partial charge in [0.15, 0.2) is 0 Å². The minimum absolute atomic E-state index is 0.0637. The Balaban J connectivity index is 1.41. The second-order valence-corrected chi connectivity index (χ2v) is 10.5. The monoisotopic (exact) mass is 501 g/mol. The van der Waals surface area contributed by atoms with Crippen molar-refractivity contribution in [3.63, 3.8) is 0 Å². The summed E-state index contributed by atoms with van der Waals surface area (Å²) in [5.41, 5.74) is 1.58. The standard InChI is InChI=1S/C26H36ClN5O3/c1-20-16-21(2)32(28-20)18-25(34)30-10-8-26(9-11-30,19-35-23-6-4-22(27)5-7-23)17-24(33)31-14-12-29(3)13-15-31/h4-7,16H,8-15,17-19H2,1-3H3. The molecule has 2 aliphatic rings. The van der Waals surface area contributed by atoms with Crippen molar-refractivity contribution < 1.29 is 14.3 Å². The van der Waals surface area contributed by atoms with Crippen molar-refractivity contribution in [2.24, 2.45) is 5.41 Å². The van der Waals surface area contributed by atoms with Gasteiger partial charge in [-0.15, -0.1) is 0 Å². The van der Waals surface area contributed by atoms with Crippen LogP contribution in [0.2, 0.25) is 5.02 Å². The van der Waals surface area contributed by atoms with Gasteiger partial charge in [-0.3, -0.25) is 14.3 Å². The topological polar surface area (TPSA) is 70.9 Å². The SMILES string of the molecule is Cc1cc(C)n(CC(=O)N2CCC(COc3ccc(Cl)cc3)(CC(=O)N3CCN(C)CC3)CC2)n1. The van der Waals surface area contributed by atoms with Crippen LogP contribution in [0.5, 0.6) is 5.75 Å². The third-order valence-corrected chi connectivity index (χ3v) is 7.56. The van der Waals surface area contributed by atoms with E-state index in [-0.39, 0.29) is 23.8 Å². The number of likely N-dealkylation sites (tertiary alicyclic amines) is 1. The van der Waals surface area contributed by atoms with Crippen LogP contribution in [-0.2, 0) is 16.1 Å². The zero-order chi connectivity index (χ0) is 25.0. The number of hydrogen-bond donors (Lipinski definition) is 0. The Hall–Kier alpha value is -2.58. The van der Waals surface area contributed by atoms with Crippen LogP contribution in [0.4, 0.5) is 0 Å². The number of amides is 2. The lowest BCUT2D eigenvalue weighted by Gasteiger charge is -2.42. The molecule has 0 radical (unpaired) electrons. The Morgan fingerprint density at radius 1 is 0.971 bits per heavy atom. The maximum absolute atomic E-state index is 13.3. The highest BCUT2D eigenvalue weighted by molar-refractivity contribution is 6.30. The molecule has 9 heteroatoms. The van der Waals surface area contributed by atoms with Crippen LogP contribution < -0.4 is 4.74 Å². The van der Waals surface area contributed by atoms with Gasteiger partial charge in [-0.25, -0.2) is 0 Å².